The van der Waals surface area contributed by atoms with Gasteiger partial charge in [0.1, 0.15) is 11.8 Å². The van der Waals surface area contributed by atoms with Crippen LogP contribution in [0.4, 0.5) is 0 Å². The van der Waals surface area contributed by atoms with E-state index in [-0.39, 0.29) is 36.4 Å². The normalized spacial score (nSPS) is 23.3. The van der Waals surface area contributed by atoms with Gasteiger partial charge in [-0.2, -0.15) is 0 Å². The van der Waals surface area contributed by atoms with Crippen LogP contribution in [0.3, 0.4) is 0 Å². The first-order valence-electron chi connectivity index (χ1n) is 13.3. The van der Waals surface area contributed by atoms with Gasteiger partial charge in [0.05, 0.1) is 24.8 Å². The predicted octanol–water partition coefficient (Wildman–Crippen LogP) is 1.43. The molecule has 1 aromatic carbocycles. The molecule has 3 atom stereocenters. The Morgan fingerprint density at radius 3 is 2.58 bits per heavy atom. The highest BCUT2D eigenvalue weighted by molar-refractivity contribution is 5.98. The average molecular weight is 522 g/mol. The van der Waals surface area contributed by atoms with Gasteiger partial charge in [-0.25, -0.2) is 0 Å². The number of likely N-dealkylation sites (tertiary alicyclic amines) is 1. The molecule has 10 heteroatoms. The molecule has 3 aliphatic rings. The molecule has 0 saturated carbocycles. The minimum absolute atomic E-state index is 0.0670. The fourth-order valence-corrected chi connectivity index (χ4v) is 5.55. The monoisotopic (exact) mass is 521 g/mol. The Labute approximate surface area is 222 Å². The van der Waals surface area contributed by atoms with E-state index in [0.29, 0.717) is 49.5 Å². The van der Waals surface area contributed by atoms with Crippen molar-refractivity contribution in [1.82, 2.24) is 25.0 Å². The number of nitrogens with one attached hydrogen (secondary N) is 1. The number of piperazine rings is 1. The summed E-state index contributed by atoms with van der Waals surface area (Å²) in [6, 6.07) is 9.48. The van der Waals surface area contributed by atoms with Crippen LogP contribution in [0.5, 0.6) is 5.75 Å². The second-order valence-electron chi connectivity index (χ2n) is 10.0. The van der Waals surface area contributed by atoms with Crippen LogP contribution in [0, 0.1) is 0 Å². The SMILES string of the molecule is COc1ccc(C(=O)N(CC2CCCO2)C2CC(C(=O)N3CCNCC3)N(C(=O)c3cccnc3)C2)cc1. The Balaban J connectivity index is 1.44. The molecule has 38 heavy (non-hydrogen) atoms. The van der Waals surface area contributed by atoms with Crippen molar-refractivity contribution in [3.8, 4) is 5.75 Å². The lowest BCUT2D eigenvalue weighted by molar-refractivity contribution is -0.135. The molecule has 0 spiro atoms. The van der Waals surface area contributed by atoms with E-state index in [1.54, 1.807) is 54.6 Å². The van der Waals surface area contributed by atoms with E-state index in [9.17, 15) is 14.4 Å². The van der Waals surface area contributed by atoms with E-state index >= 15 is 0 Å². The zero-order valence-corrected chi connectivity index (χ0v) is 21.8. The van der Waals surface area contributed by atoms with Crippen molar-refractivity contribution in [3.63, 3.8) is 0 Å². The average Bonchev–Trinajstić information content (AvgIpc) is 3.66. The molecule has 3 fully saturated rings. The van der Waals surface area contributed by atoms with E-state index < -0.39 is 6.04 Å². The van der Waals surface area contributed by atoms with Gasteiger partial charge in [0.2, 0.25) is 5.91 Å². The molecule has 1 aromatic heterocycles. The quantitative estimate of drug-likeness (QED) is 0.588. The van der Waals surface area contributed by atoms with Crippen LogP contribution in [0.1, 0.15) is 40.0 Å². The van der Waals surface area contributed by atoms with E-state index in [2.05, 4.69) is 10.3 Å². The highest BCUT2D eigenvalue weighted by Crippen LogP contribution is 2.29. The molecule has 3 unspecified atom stereocenters. The fraction of sp³-hybridized carbons (Fsp3) is 0.500. The van der Waals surface area contributed by atoms with Gasteiger partial charge in [-0.1, -0.05) is 0 Å². The number of aromatic nitrogens is 1. The Kier molecular flexibility index (Phi) is 8.19. The summed E-state index contributed by atoms with van der Waals surface area (Å²) < 4.78 is 11.2. The molecular weight excluding hydrogens is 486 g/mol. The highest BCUT2D eigenvalue weighted by Gasteiger charge is 2.45. The molecule has 3 amide bonds. The number of amides is 3. The Morgan fingerprint density at radius 1 is 1.13 bits per heavy atom. The number of pyridine rings is 1. The number of hydrogen-bond acceptors (Lipinski definition) is 7. The van der Waals surface area contributed by atoms with Gasteiger partial charge >= 0.3 is 0 Å². The number of carbonyl (C=O) groups excluding carboxylic acids is 3. The van der Waals surface area contributed by atoms with Gasteiger partial charge in [-0.05, 0) is 55.7 Å². The standard InChI is InChI=1S/C28H35N5O5/c1-37-23-8-6-20(7-9-23)26(34)32(19-24-5-3-15-38-24)22-16-25(28(36)31-13-11-29-12-14-31)33(18-22)27(35)21-4-2-10-30-17-21/h2,4,6-10,17,22,24-25,29H,3,5,11-16,18-19H2,1H3. The first kappa shape index (κ1) is 26.1. The van der Waals surface area contributed by atoms with Crippen LogP contribution < -0.4 is 10.1 Å². The molecule has 3 aliphatic heterocycles. The summed E-state index contributed by atoms with van der Waals surface area (Å²) in [6.45, 7) is 4.00. The van der Waals surface area contributed by atoms with E-state index in [1.807, 2.05) is 9.80 Å². The topological polar surface area (TPSA) is 104 Å². The predicted molar refractivity (Wildman–Crippen MR) is 140 cm³/mol. The van der Waals surface area contributed by atoms with Gasteiger partial charge in [-0.15, -0.1) is 0 Å². The summed E-state index contributed by atoms with van der Waals surface area (Å²) >= 11 is 0. The zero-order valence-electron chi connectivity index (χ0n) is 21.8. The molecule has 5 rings (SSSR count). The van der Waals surface area contributed by atoms with Crippen LogP contribution in [-0.2, 0) is 9.53 Å². The molecule has 0 aliphatic carbocycles. The van der Waals surface area contributed by atoms with Gasteiger partial charge in [0, 0.05) is 63.8 Å². The van der Waals surface area contributed by atoms with Crippen molar-refractivity contribution in [2.45, 2.75) is 37.5 Å². The van der Waals surface area contributed by atoms with Crippen molar-refractivity contribution in [2.75, 3.05) is 53.0 Å². The van der Waals surface area contributed by atoms with Crippen molar-refractivity contribution in [3.05, 3.63) is 59.9 Å². The molecule has 4 heterocycles. The summed E-state index contributed by atoms with van der Waals surface area (Å²) in [4.78, 5) is 50.6. The minimum atomic E-state index is -0.651. The van der Waals surface area contributed by atoms with Crippen LogP contribution >= 0.6 is 0 Å². The smallest absolute Gasteiger partial charge is 0.256 e. The van der Waals surface area contributed by atoms with E-state index in [1.165, 1.54) is 6.20 Å². The molecule has 2 aromatic rings. The zero-order chi connectivity index (χ0) is 26.5. The fourth-order valence-electron chi connectivity index (χ4n) is 5.55. The second kappa shape index (κ2) is 11.9. The molecule has 10 nitrogen and oxygen atoms in total. The molecule has 3 saturated heterocycles. The number of rotatable bonds is 7. The number of hydrogen-bond donors (Lipinski definition) is 1. The maximum absolute atomic E-state index is 13.9. The Hall–Kier alpha value is -3.50. The van der Waals surface area contributed by atoms with Gasteiger partial charge in [0.25, 0.3) is 11.8 Å². The van der Waals surface area contributed by atoms with Gasteiger partial charge in [0.15, 0.2) is 0 Å². The van der Waals surface area contributed by atoms with Crippen LogP contribution in [0.15, 0.2) is 48.8 Å². The maximum atomic E-state index is 13.9. The molecule has 0 radical (unpaired) electrons. The van der Waals surface area contributed by atoms with Crippen molar-refractivity contribution >= 4 is 17.7 Å². The number of benzene rings is 1. The molecule has 0 bridgehead atoms. The van der Waals surface area contributed by atoms with Crippen LogP contribution in [-0.4, -0.2) is 109 Å². The van der Waals surface area contributed by atoms with Crippen molar-refractivity contribution in [2.24, 2.45) is 0 Å². The third-order valence-corrected chi connectivity index (χ3v) is 7.63. The molecule has 202 valence electrons. The lowest BCUT2D eigenvalue weighted by atomic mass is 10.1. The minimum Gasteiger partial charge on any atom is -0.497 e. The Bertz CT molecular complexity index is 1120. The second-order valence-corrected chi connectivity index (χ2v) is 10.0. The number of methoxy groups -OCH3 is 1. The summed E-state index contributed by atoms with van der Waals surface area (Å²) in [5, 5.41) is 3.27. The largest absolute Gasteiger partial charge is 0.497 e. The summed E-state index contributed by atoms with van der Waals surface area (Å²) in [6.07, 6.45) is 5.28. The van der Waals surface area contributed by atoms with E-state index in [0.717, 1.165) is 25.9 Å². The number of ether oxygens (including phenoxy) is 2. The van der Waals surface area contributed by atoms with E-state index in [4.69, 9.17) is 9.47 Å². The van der Waals surface area contributed by atoms with Gasteiger partial charge in [-0.3, -0.25) is 19.4 Å². The molecule has 1 N–H and O–H groups in total. The van der Waals surface area contributed by atoms with Crippen molar-refractivity contribution < 1.29 is 23.9 Å². The summed E-state index contributed by atoms with van der Waals surface area (Å²) in [7, 11) is 1.59. The first-order valence-corrected chi connectivity index (χ1v) is 13.3. The summed E-state index contributed by atoms with van der Waals surface area (Å²) in [5.74, 6) is 0.212. The number of nitrogens with zero attached hydrogens (tertiary/aromatic N) is 4. The third kappa shape index (κ3) is 5.66. The van der Waals surface area contributed by atoms with Gasteiger partial charge < -0.3 is 29.5 Å². The lowest BCUT2D eigenvalue weighted by Gasteiger charge is -2.32. The first-order chi connectivity index (χ1) is 18.5. The highest BCUT2D eigenvalue weighted by atomic mass is 16.5. The van der Waals surface area contributed by atoms with Crippen LogP contribution in [0.25, 0.3) is 0 Å². The van der Waals surface area contributed by atoms with Crippen LogP contribution in [0.2, 0.25) is 0 Å². The maximum Gasteiger partial charge on any atom is 0.256 e. The molecular formula is C28H35N5O5. The summed E-state index contributed by atoms with van der Waals surface area (Å²) in [5.41, 5.74) is 0.962. The Morgan fingerprint density at radius 2 is 1.92 bits per heavy atom. The lowest BCUT2D eigenvalue weighted by Crippen LogP contribution is -2.53. The number of carbonyl (C=O) groups is 3. The van der Waals surface area contributed by atoms with Crippen molar-refractivity contribution in [1.29, 1.82) is 0 Å². The third-order valence-electron chi connectivity index (χ3n) is 7.63.